The molecule has 2 heterocycles. The largest absolute Gasteiger partial charge is 0.355 e. The number of benzene rings is 1. The van der Waals surface area contributed by atoms with Crippen molar-refractivity contribution in [2.45, 2.75) is 63.2 Å². The van der Waals surface area contributed by atoms with E-state index >= 15 is 0 Å². The van der Waals surface area contributed by atoms with E-state index in [1.54, 1.807) is 0 Å². The average Bonchev–Trinajstić information content (AvgIpc) is 2.76. The smallest absolute Gasteiger partial charge is 0.317 e. The van der Waals surface area contributed by atoms with Gasteiger partial charge < -0.3 is 15.5 Å². The molecule has 0 bridgehead atoms. The zero-order valence-corrected chi connectivity index (χ0v) is 16.8. The molecular weight excluding hydrogens is 350 g/mol. The summed E-state index contributed by atoms with van der Waals surface area (Å²) in [5.74, 6) is 0.148. The van der Waals surface area contributed by atoms with Crippen LogP contribution < -0.4 is 10.6 Å². The molecule has 2 N–H and O–H groups in total. The standard InChI is InChI=1S/C23H33N3O2/c27-20-10-14-22(16-24-20)11-7-15-26(18-22)21(28)25-17-23(12-5-2-6-13-23)19-8-3-1-4-9-19/h1,3-4,8-9H,2,5-7,10-18H2,(H,24,27)(H,25,28). The number of nitrogens with one attached hydrogen (secondary N) is 2. The highest BCUT2D eigenvalue weighted by atomic mass is 16.2. The van der Waals surface area contributed by atoms with Gasteiger partial charge in [-0.05, 0) is 37.7 Å². The molecule has 5 nitrogen and oxygen atoms in total. The number of amides is 3. The molecule has 1 saturated carbocycles. The Morgan fingerprint density at radius 1 is 1.04 bits per heavy atom. The summed E-state index contributed by atoms with van der Waals surface area (Å²) in [6, 6.07) is 10.8. The number of rotatable bonds is 3. The maximum absolute atomic E-state index is 13.0. The molecule has 2 aliphatic heterocycles. The first kappa shape index (κ1) is 19.3. The van der Waals surface area contributed by atoms with E-state index < -0.39 is 0 Å². The number of piperidine rings is 2. The molecule has 5 heteroatoms. The van der Waals surface area contributed by atoms with Crippen molar-refractivity contribution in [2.24, 2.45) is 5.41 Å². The second-order valence-electron chi connectivity index (χ2n) is 9.17. The van der Waals surface area contributed by atoms with Crippen LogP contribution in [0.3, 0.4) is 0 Å². The minimum absolute atomic E-state index is 0.0665. The molecule has 0 radical (unpaired) electrons. The minimum atomic E-state index is 0.0665. The predicted molar refractivity (Wildman–Crippen MR) is 110 cm³/mol. The fourth-order valence-electron chi connectivity index (χ4n) is 5.52. The lowest BCUT2D eigenvalue weighted by atomic mass is 9.69. The Bertz CT molecular complexity index is 687. The van der Waals surface area contributed by atoms with Gasteiger partial charge in [0.25, 0.3) is 0 Å². The van der Waals surface area contributed by atoms with Crippen molar-refractivity contribution in [1.29, 1.82) is 0 Å². The van der Waals surface area contributed by atoms with Gasteiger partial charge in [0.2, 0.25) is 5.91 Å². The molecule has 3 aliphatic rings. The summed E-state index contributed by atoms with van der Waals surface area (Å²) < 4.78 is 0. The third-order valence-corrected chi connectivity index (χ3v) is 7.27. The van der Waals surface area contributed by atoms with Crippen LogP contribution >= 0.6 is 0 Å². The summed E-state index contributed by atoms with van der Waals surface area (Å²) in [6.07, 6.45) is 9.67. The van der Waals surface area contributed by atoms with Crippen molar-refractivity contribution in [2.75, 3.05) is 26.2 Å². The molecule has 1 aromatic rings. The minimum Gasteiger partial charge on any atom is -0.355 e. The first-order valence-corrected chi connectivity index (χ1v) is 11.0. The molecule has 3 amide bonds. The van der Waals surface area contributed by atoms with Gasteiger partial charge >= 0.3 is 6.03 Å². The molecule has 1 aromatic carbocycles. The highest BCUT2D eigenvalue weighted by Crippen LogP contribution is 2.39. The van der Waals surface area contributed by atoms with Crippen LogP contribution in [0.5, 0.6) is 0 Å². The average molecular weight is 384 g/mol. The van der Waals surface area contributed by atoms with E-state index in [0.29, 0.717) is 13.0 Å². The summed E-state index contributed by atoms with van der Waals surface area (Å²) in [4.78, 5) is 26.6. The summed E-state index contributed by atoms with van der Waals surface area (Å²) in [7, 11) is 0. The second kappa shape index (κ2) is 8.14. The zero-order chi connectivity index (χ0) is 19.5. The van der Waals surface area contributed by atoms with Gasteiger partial charge in [0.15, 0.2) is 0 Å². The van der Waals surface area contributed by atoms with E-state index in [2.05, 4.69) is 41.0 Å². The Labute approximate surface area is 168 Å². The van der Waals surface area contributed by atoms with E-state index in [0.717, 1.165) is 51.7 Å². The molecule has 1 spiro atoms. The quantitative estimate of drug-likeness (QED) is 0.838. The lowest BCUT2D eigenvalue weighted by Gasteiger charge is -2.45. The van der Waals surface area contributed by atoms with E-state index in [4.69, 9.17) is 0 Å². The van der Waals surface area contributed by atoms with Crippen LogP contribution in [0, 0.1) is 5.41 Å². The lowest BCUT2D eigenvalue weighted by molar-refractivity contribution is -0.125. The van der Waals surface area contributed by atoms with E-state index in [1.165, 1.54) is 24.8 Å². The van der Waals surface area contributed by atoms with E-state index in [-0.39, 0.29) is 22.8 Å². The van der Waals surface area contributed by atoms with Gasteiger partial charge in [0, 0.05) is 43.4 Å². The highest BCUT2D eigenvalue weighted by molar-refractivity contribution is 5.77. The summed E-state index contributed by atoms with van der Waals surface area (Å²) in [5, 5.41) is 6.31. The Kier molecular flexibility index (Phi) is 5.61. The lowest BCUT2D eigenvalue weighted by Crippen LogP contribution is -2.56. The van der Waals surface area contributed by atoms with Gasteiger partial charge in [-0.3, -0.25) is 4.79 Å². The maximum Gasteiger partial charge on any atom is 0.317 e. The molecule has 1 aliphatic carbocycles. The van der Waals surface area contributed by atoms with Crippen molar-refractivity contribution in [3.05, 3.63) is 35.9 Å². The monoisotopic (exact) mass is 383 g/mol. The number of hydrogen-bond donors (Lipinski definition) is 2. The Morgan fingerprint density at radius 2 is 1.82 bits per heavy atom. The van der Waals surface area contributed by atoms with Crippen LogP contribution in [0.15, 0.2) is 30.3 Å². The van der Waals surface area contributed by atoms with Crippen LogP contribution in [-0.4, -0.2) is 43.0 Å². The molecule has 152 valence electrons. The first-order chi connectivity index (χ1) is 13.6. The zero-order valence-electron chi connectivity index (χ0n) is 16.8. The molecule has 1 unspecified atom stereocenters. The van der Waals surface area contributed by atoms with Gasteiger partial charge in [-0.25, -0.2) is 4.79 Å². The summed E-state index contributed by atoms with van der Waals surface area (Å²) >= 11 is 0. The van der Waals surface area contributed by atoms with Crippen LogP contribution in [0.4, 0.5) is 4.79 Å². The second-order valence-corrected chi connectivity index (χ2v) is 9.17. The van der Waals surface area contributed by atoms with Crippen LogP contribution in [0.2, 0.25) is 0 Å². The predicted octanol–water partition coefficient (Wildman–Crippen LogP) is 3.59. The van der Waals surface area contributed by atoms with Crippen molar-refractivity contribution < 1.29 is 9.59 Å². The summed E-state index contributed by atoms with van der Waals surface area (Å²) in [5.41, 5.74) is 1.51. The number of nitrogens with zero attached hydrogens (tertiary/aromatic N) is 1. The van der Waals surface area contributed by atoms with Gasteiger partial charge in [-0.2, -0.15) is 0 Å². The Morgan fingerprint density at radius 3 is 2.54 bits per heavy atom. The van der Waals surface area contributed by atoms with Gasteiger partial charge in [-0.1, -0.05) is 49.6 Å². The maximum atomic E-state index is 13.0. The first-order valence-electron chi connectivity index (χ1n) is 11.0. The van der Waals surface area contributed by atoms with E-state index in [9.17, 15) is 9.59 Å². The normalized spacial score (nSPS) is 27.3. The number of carbonyl (C=O) groups is 2. The molecule has 3 fully saturated rings. The summed E-state index contributed by atoms with van der Waals surface area (Å²) in [6.45, 7) is 3.01. The third kappa shape index (κ3) is 4.03. The van der Waals surface area contributed by atoms with Crippen molar-refractivity contribution in [3.63, 3.8) is 0 Å². The fourth-order valence-corrected chi connectivity index (χ4v) is 5.52. The van der Waals surface area contributed by atoms with Crippen LogP contribution in [-0.2, 0) is 10.2 Å². The Hall–Kier alpha value is -2.04. The number of hydrogen-bond acceptors (Lipinski definition) is 2. The molecule has 28 heavy (non-hydrogen) atoms. The SMILES string of the molecule is O=C1CCC2(CCCN(C(=O)NCC3(c4ccccc4)CCCCC3)C2)CN1. The molecule has 1 atom stereocenters. The van der Waals surface area contributed by atoms with E-state index in [1.807, 2.05) is 4.90 Å². The fraction of sp³-hybridized carbons (Fsp3) is 0.652. The molecule has 4 rings (SSSR count). The van der Waals surface area contributed by atoms with Crippen LogP contribution in [0.25, 0.3) is 0 Å². The van der Waals surface area contributed by atoms with Gasteiger partial charge in [-0.15, -0.1) is 0 Å². The Balaban J connectivity index is 1.40. The van der Waals surface area contributed by atoms with Crippen molar-refractivity contribution >= 4 is 11.9 Å². The van der Waals surface area contributed by atoms with Gasteiger partial charge in [0.05, 0.1) is 0 Å². The number of urea groups is 1. The van der Waals surface area contributed by atoms with Crippen molar-refractivity contribution in [1.82, 2.24) is 15.5 Å². The molecule has 2 saturated heterocycles. The molecule has 0 aromatic heterocycles. The number of carbonyl (C=O) groups excluding carboxylic acids is 2. The van der Waals surface area contributed by atoms with Crippen molar-refractivity contribution in [3.8, 4) is 0 Å². The topological polar surface area (TPSA) is 61.4 Å². The third-order valence-electron chi connectivity index (χ3n) is 7.27. The van der Waals surface area contributed by atoms with Crippen LogP contribution in [0.1, 0.15) is 63.4 Å². The number of likely N-dealkylation sites (tertiary alicyclic amines) is 1. The van der Waals surface area contributed by atoms with Gasteiger partial charge in [0.1, 0.15) is 0 Å². The molecular formula is C23H33N3O2. The highest BCUT2D eigenvalue weighted by Gasteiger charge is 2.40.